The van der Waals surface area contributed by atoms with E-state index in [2.05, 4.69) is 26.3 Å². The van der Waals surface area contributed by atoms with Gasteiger partial charge in [0.05, 0.1) is 24.1 Å². The van der Waals surface area contributed by atoms with Gasteiger partial charge in [-0.1, -0.05) is 6.08 Å². The van der Waals surface area contributed by atoms with Gasteiger partial charge in [-0.15, -0.1) is 0 Å². The fourth-order valence-electron chi connectivity index (χ4n) is 5.05. The van der Waals surface area contributed by atoms with Crippen LogP contribution in [-0.4, -0.2) is 46.6 Å². The van der Waals surface area contributed by atoms with Gasteiger partial charge in [0.1, 0.15) is 0 Å². The van der Waals surface area contributed by atoms with Gasteiger partial charge in [0.25, 0.3) is 0 Å². The zero-order valence-electron chi connectivity index (χ0n) is 20.6. The lowest BCUT2D eigenvalue weighted by atomic mass is 9.76. The molecule has 8 bridgehead atoms. The molecule has 36 heavy (non-hydrogen) atoms. The molecule has 8 heteroatoms. The molecule has 2 aromatic rings. The first-order valence-corrected chi connectivity index (χ1v) is 12.0. The number of aromatic nitrogens is 2. The van der Waals surface area contributed by atoms with Crippen LogP contribution in [-0.2, 0) is 20.7 Å². The summed E-state index contributed by atoms with van der Waals surface area (Å²) in [6.07, 6.45) is 14.5. The number of nitrogens with zero attached hydrogens (tertiary/aromatic N) is 2. The smallest absolute Gasteiger partial charge is 0.326 e. The molecule has 3 unspecified atom stereocenters. The van der Waals surface area contributed by atoms with E-state index in [0.29, 0.717) is 6.42 Å². The van der Waals surface area contributed by atoms with Crippen molar-refractivity contribution in [3.05, 3.63) is 76.4 Å². The molecule has 3 aliphatic heterocycles. The van der Waals surface area contributed by atoms with Crippen LogP contribution in [0.1, 0.15) is 31.7 Å². The van der Waals surface area contributed by atoms with E-state index in [1.165, 1.54) is 0 Å². The summed E-state index contributed by atoms with van der Waals surface area (Å²) in [5.41, 5.74) is 0.507. The topological polar surface area (TPSA) is 115 Å². The Labute approximate surface area is 209 Å². The van der Waals surface area contributed by atoms with Crippen LogP contribution in [0.4, 0.5) is 0 Å². The predicted octanol–water partition coefficient (Wildman–Crippen LogP) is 2.24. The van der Waals surface area contributed by atoms with Gasteiger partial charge < -0.3 is 19.4 Å². The summed E-state index contributed by atoms with van der Waals surface area (Å²) >= 11 is 0. The molecule has 0 saturated carbocycles. The fourth-order valence-corrected chi connectivity index (χ4v) is 5.05. The van der Waals surface area contributed by atoms with Crippen molar-refractivity contribution >= 4 is 29.9 Å². The zero-order chi connectivity index (χ0) is 25.4. The number of nitrogens with one attached hydrogen (secondary N) is 3. The Morgan fingerprint density at radius 1 is 1.17 bits per heavy atom. The van der Waals surface area contributed by atoms with Crippen molar-refractivity contribution in [3.8, 4) is 6.07 Å². The van der Waals surface area contributed by atoms with Crippen LogP contribution < -0.4 is 16.0 Å². The predicted molar refractivity (Wildman–Crippen MR) is 138 cm³/mol. The lowest BCUT2D eigenvalue weighted by Crippen LogP contribution is -2.56. The van der Waals surface area contributed by atoms with Gasteiger partial charge in [0.2, 0.25) is 0 Å². The molecular weight excluding hydrogens is 454 g/mol. The largest absolute Gasteiger partial charge is 0.465 e. The molecule has 3 atom stereocenters. The molecule has 8 nitrogen and oxygen atoms in total. The molecule has 0 aromatic carbocycles. The highest BCUT2D eigenvalue weighted by atomic mass is 16.5. The second-order valence-electron chi connectivity index (χ2n) is 9.67. The first-order valence-electron chi connectivity index (χ1n) is 12.0. The van der Waals surface area contributed by atoms with Crippen molar-refractivity contribution in [1.82, 2.24) is 15.3 Å². The van der Waals surface area contributed by atoms with Crippen LogP contribution in [0.5, 0.6) is 0 Å². The lowest BCUT2D eigenvalue weighted by molar-refractivity contribution is -0.152. The maximum atomic E-state index is 12.8. The molecule has 3 aliphatic rings. The van der Waals surface area contributed by atoms with Crippen LogP contribution in [0.15, 0.2) is 59.3 Å². The average molecular weight is 484 g/mol. The Hall–Kier alpha value is -3.93. The number of carbonyl (C=O) groups is 1. The number of rotatable bonds is 5. The molecule has 0 fully saturated rings. The molecule has 5 rings (SSSR count). The van der Waals surface area contributed by atoms with Crippen molar-refractivity contribution < 1.29 is 14.3 Å². The molecule has 3 N–H and O–H groups in total. The summed E-state index contributed by atoms with van der Waals surface area (Å²) in [4.78, 5) is 24.4. The highest BCUT2D eigenvalue weighted by Crippen LogP contribution is 2.38. The van der Waals surface area contributed by atoms with Crippen molar-refractivity contribution in [3.63, 3.8) is 0 Å². The number of aromatic amines is 2. The Kier molecular flexibility index (Phi) is 5.91. The molecule has 5 heterocycles. The van der Waals surface area contributed by atoms with E-state index in [0.717, 1.165) is 33.5 Å². The van der Waals surface area contributed by atoms with Gasteiger partial charge in [-0.2, -0.15) is 5.26 Å². The third-order valence-electron chi connectivity index (χ3n) is 6.74. The Morgan fingerprint density at radius 2 is 2.00 bits per heavy atom. The second-order valence-corrected chi connectivity index (χ2v) is 9.67. The lowest BCUT2D eigenvalue weighted by Gasteiger charge is -2.37. The van der Waals surface area contributed by atoms with Gasteiger partial charge in [-0.25, -0.2) is 4.99 Å². The number of hydrogen-bond acceptors (Lipinski definition) is 6. The summed E-state index contributed by atoms with van der Waals surface area (Å²) in [6.45, 7) is 3.58. The Balaban J connectivity index is 1.63. The quantitative estimate of drug-likeness (QED) is 0.446. The van der Waals surface area contributed by atoms with Crippen molar-refractivity contribution in [2.75, 3.05) is 13.7 Å². The second kappa shape index (κ2) is 8.94. The van der Waals surface area contributed by atoms with Crippen LogP contribution in [0, 0.1) is 16.7 Å². The first-order chi connectivity index (χ1) is 17.3. The van der Waals surface area contributed by atoms with Crippen LogP contribution in [0.2, 0.25) is 0 Å². The number of aliphatic imine (C=N–C) groups is 1. The number of allylic oxidation sites excluding steroid dienone is 2. The maximum absolute atomic E-state index is 12.8. The van der Waals surface area contributed by atoms with E-state index in [-0.39, 0.29) is 13.0 Å². The third kappa shape index (κ3) is 4.51. The average Bonchev–Trinajstić information content (AvgIpc) is 3.64. The van der Waals surface area contributed by atoms with Crippen LogP contribution in [0.25, 0.3) is 18.2 Å². The SMILES string of the molecule is CCOC(=O)C(C)(C#N)CC12C=CC(OC)(C=c3ccc([nH]3)=CC3=NC(=Cc4ccc([nH]4)C1)C=C3)N2. The van der Waals surface area contributed by atoms with E-state index in [9.17, 15) is 10.1 Å². The van der Waals surface area contributed by atoms with Crippen LogP contribution >= 0.6 is 0 Å². The van der Waals surface area contributed by atoms with E-state index in [1.807, 2.05) is 66.8 Å². The van der Waals surface area contributed by atoms with Gasteiger partial charge in [-0.05, 0) is 81.0 Å². The number of esters is 1. The van der Waals surface area contributed by atoms with Gasteiger partial charge in [0.15, 0.2) is 11.1 Å². The first kappa shape index (κ1) is 23.8. The number of nitriles is 1. The molecule has 0 radical (unpaired) electrons. The van der Waals surface area contributed by atoms with Gasteiger partial charge >= 0.3 is 5.97 Å². The fraction of sp³-hybridized carbons (Fsp3) is 0.321. The van der Waals surface area contributed by atoms with Crippen LogP contribution in [0.3, 0.4) is 0 Å². The molecular formula is C28H29N5O3. The minimum atomic E-state index is -1.36. The standard InChI is InChI=1S/C28H29N5O3/c1-4-36-25(34)26(2,18-29)17-27-11-12-28(33-27,35-3)16-24-10-8-22(32-24)14-20-6-5-19(30-20)13-21-7-9-23(15-27)31-21/h5-14,16,31-33H,4,15,17H2,1-3H3. The molecule has 0 aliphatic carbocycles. The maximum Gasteiger partial charge on any atom is 0.326 e. The highest BCUT2D eigenvalue weighted by Gasteiger charge is 2.49. The number of H-pyrrole nitrogens is 2. The number of methoxy groups -OCH3 is 1. The van der Waals surface area contributed by atoms with Gasteiger partial charge in [0, 0.05) is 41.2 Å². The van der Waals surface area contributed by atoms with Crippen molar-refractivity contribution in [2.24, 2.45) is 10.4 Å². The molecule has 2 aromatic heterocycles. The van der Waals surface area contributed by atoms with E-state index in [1.54, 1.807) is 21.0 Å². The Morgan fingerprint density at radius 3 is 2.78 bits per heavy atom. The number of ether oxygens (including phenoxy) is 2. The monoisotopic (exact) mass is 483 g/mol. The van der Waals surface area contributed by atoms with Gasteiger partial charge in [-0.3, -0.25) is 10.1 Å². The number of hydrogen-bond donors (Lipinski definition) is 3. The minimum Gasteiger partial charge on any atom is -0.465 e. The van der Waals surface area contributed by atoms with E-state index in [4.69, 9.17) is 9.47 Å². The zero-order valence-corrected chi connectivity index (χ0v) is 20.6. The minimum absolute atomic E-state index is 0.195. The summed E-state index contributed by atoms with van der Waals surface area (Å²) < 4.78 is 11.2. The highest BCUT2D eigenvalue weighted by molar-refractivity contribution is 6.19. The van der Waals surface area contributed by atoms with E-state index >= 15 is 0 Å². The summed E-state index contributed by atoms with van der Waals surface area (Å²) in [7, 11) is 1.63. The van der Waals surface area contributed by atoms with Crippen molar-refractivity contribution in [2.45, 2.75) is 38.0 Å². The number of fused-ring (bicyclic) bond motifs is 7. The molecule has 0 amide bonds. The molecule has 0 saturated heterocycles. The molecule has 0 spiro atoms. The summed E-state index contributed by atoms with van der Waals surface area (Å²) in [6, 6.07) is 10.2. The molecule has 184 valence electrons. The van der Waals surface area contributed by atoms with E-state index < -0.39 is 22.6 Å². The van der Waals surface area contributed by atoms with Crippen molar-refractivity contribution in [1.29, 1.82) is 5.26 Å². The Bertz CT molecular complexity index is 1480. The summed E-state index contributed by atoms with van der Waals surface area (Å²) in [5.74, 6) is -0.536. The normalized spacial score (nSPS) is 25.7. The third-order valence-corrected chi connectivity index (χ3v) is 6.74. The summed E-state index contributed by atoms with van der Waals surface area (Å²) in [5, 5.41) is 15.4. The number of carbonyl (C=O) groups excluding carboxylic acids is 1.